The van der Waals surface area contributed by atoms with E-state index in [9.17, 15) is 4.79 Å². The molecular weight excluding hydrogens is 290 g/mol. The molecule has 21 heavy (non-hydrogen) atoms. The summed E-state index contributed by atoms with van der Waals surface area (Å²) in [6.45, 7) is 0.339. The third kappa shape index (κ3) is 4.51. The van der Waals surface area contributed by atoms with Gasteiger partial charge in [0.25, 0.3) is 0 Å². The van der Waals surface area contributed by atoms with Gasteiger partial charge in [0.05, 0.1) is 17.2 Å². The normalized spacial score (nSPS) is 9.71. The van der Waals surface area contributed by atoms with Gasteiger partial charge in [-0.05, 0) is 36.4 Å². The standard InChI is InChI=1S/C16H12ClNO3/c17-14-5-2-6-15(10-14)20-7-8-21-16(19)13-4-1-3-12(9-13)11-18/h1-6,9-10H,7-8H2. The van der Waals surface area contributed by atoms with E-state index in [1.807, 2.05) is 6.07 Å². The minimum absolute atomic E-state index is 0.113. The molecule has 2 aromatic carbocycles. The van der Waals surface area contributed by atoms with Gasteiger partial charge in [0.1, 0.15) is 19.0 Å². The number of carbonyl (C=O) groups excluding carboxylic acids is 1. The van der Waals surface area contributed by atoms with E-state index in [0.717, 1.165) is 0 Å². The number of esters is 1. The second-order valence-corrected chi connectivity index (χ2v) is 4.57. The van der Waals surface area contributed by atoms with E-state index in [1.54, 1.807) is 42.5 Å². The quantitative estimate of drug-likeness (QED) is 0.627. The van der Waals surface area contributed by atoms with Crippen LogP contribution in [0, 0.1) is 11.3 Å². The summed E-state index contributed by atoms with van der Waals surface area (Å²) in [5.41, 5.74) is 0.761. The largest absolute Gasteiger partial charge is 0.490 e. The van der Waals surface area contributed by atoms with Crippen molar-refractivity contribution in [3.63, 3.8) is 0 Å². The van der Waals surface area contributed by atoms with Gasteiger partial charge in [-0.3, -0.25) is 0 Å². The van der Waals surface area contributed by atoms with Crippen LogP contribution in [0.1, 0.15) is 15.9 Å². The van der Waals surface area contributed by atoms with Gasteiger partial charge in [0, 0.05) is 5.02 Å². The summed E-state index contributed by atoms with van der Waals surface area (Å²) in [5.74, 6) is 0.131. The maximum absolute atomic E-state index is 11.8. The molecule has 0 aliphatic carbocycles. The van der Waals surface area contributed by atoms with E-state index in [1.165, 1.54) is 6.07 Å². The smallest absolute Gasteiger partial charge is 0.338 e. The van der Waals surface area contributed by atoms with E-state index in [4.69, 9.17) is 26.3 Å². The minimum Gasteiger partial charge on any atom is -0.490 e. The third-order valence-corrected chi connectivity index (χ3v) is 2.84. The molecule has 0 saturated heterocycles. The average Bonchev–Trinajstić information content (AvgIpc) is 2.51. The maximum atomic E-state index is 11.8. The van der Waals surface area contributed by atoms with Crippen molar-refractivity contribution >= 4 is 17.6 Å². The molecule has 5 heteroatoms. The van der Waals surface area contributed by atoms with Gasteiger partial charge in [-0.1, -0.05) is 23.7 Å². The van der Waals surface area contributed by atoms with Crippen LogP contribution in [0.15, 0.2) is 48.5 Å². The zero-order valence-corrected chi connectivity index (χ0v) is 11.8. The lowest BCUT2D eigenvalue weighted by atomic mass is 10.1. The van der Waals surface area contributed by atoms with Crippen LogP contribution in [-0.4, -0.2) is 19.2 Å². The third-order valence-electron chi connectivity index (χ3n) is 2.61. The van der Waals surface area contributed by atoms with Gasteiger partial charge in [-0.15, -0.1) is 0 Å². The molecule has 0 unspecified atom stereocenters. The molecule has 2 aromatic rings. The Morgan fingerprint density at radius 2 is 1.95 bits per heavy atom. The Morgan fingerprint density at radius 3 is 2.71 bits per heavy atom. The number of hydrogen-bond donors (Lipinski definition) is 0. The highest BCUT2D eigenvalue weighted by Gasteiger charge is 2.07. The molecule has 0 radical (unpaired) electrons. The maximum Gasteiger partial charge on any atom is 0.338 e. The molecule has 0 N–H and O–H groups in total. The van der Waals surface area contributed by atoms with Crippen molar-refractivity contribution in [1.29, 1.82) is 5.26 Å². The Labute approximate surface area is 127 Å². The van der Waals surface area contributed by atoms with Crippen LogP contribution in [0.5, 0.6) is 5.75 Å². The van der Waals surface area contributed by atoms with Gasteiger partial charge in [-0.25, -0.2) is 4.79 Å². The van der Waals surface area contributed by atoms with Crippen molar-refractivity contribution < 1.29 is 14.3 Å². The molecule has 0 aliphatic heterocycles. The van der Waals surface area contributed by atoms with E-state index in [-0.39, 0.29) is 13.2 Å². The van der Waals surface area contributed by atoms with Crippen LogP contribution in [0.3, 0.4) is 0 Å². The lowest BCUT2D eigenvalue weighted by molar-refractivity contribution is 0.0450. The summed E-state index contributed by atoms with van der Waals surface area (Å²) in [4.78, 5) is 11.8. The van der Waals surface area contributed by atoms with Crippen molar-refractivity contribution in [2.24, 2.45) is 0 Å². The molecule has 0 aliphatic rings. The van der Waals surface area contributed by atoms with Gasteiger partial charge in [0.2, 0.25) is 0 Å². The van der Waals surface area contributed by atoms with Crippen LogP contribution >= 0.6 is 11.6 Å². The fraction of sp³-hybridized carbons (Fsp3) is 0.125. The van der Waals surface area contributed by atoms with E-state index in [0.29, 0.717) is 21.9 Å². The van der Waals surface area contributed by atoms with Crippen molar-refractivity contribution in [2.45, 2.75) is 0 Å². The highest BCUT2D eigenvalue weighted by molar-refractivity contribution is 6.30. The van der Waals surface area contributed by atoms with Crippen molar-refractivity contribution in [3.05, 3.63) is 64.7 Å². The summed E-state index contributed by atoms with van der Waals surface area (Å²) in [6.07, 6.45) is 0. The highest BCUT2D eigenvalue weighted by Crippen LogP contribution is 2.16. The molecular formula is C16H12ClNO3. The number of nitrogens with zero attached hydrogens (tertiary/aromatic N) is 1. The fourth-order valence-corrected chi connectivity index (χ4v) is 1.83. The molecule has 0 atom stereocenters. The van der Waals surface area contributed by atoms with Gasteiger partial charge in [0.15, 0.2) is 0 Å². The Morgan fingerprint density at radius 1 is 1.14 bits per heavy atom. The minimum atomic E-state index is -0.484. The van der Waals surface area contributed by atoms with Gasteiger partial charge < -0.3 is 9.47 Å². The second kappa shape index (κ2) is 7.32. The first-order chi connectivity index (χ1) is 10.2. The van der Waals surface area contributed by atoms with Gasteiger partial charge in [-0.2, -0.15) is 5.26 Å². The number of halogens is 1. The van der Waals surface area contributed by atoms with Crippen molar-refractivity contribution in [1.82, 2.24) is 0 Å². The summed E-state index contributed by atoms with van der Waals surface area (Å²) >= 11 is 5.82. The highest BCUT2D eigenvalue weighted by atomic mass is 35.5. The fourth-order valence-electron chi connectivity index (χ4n) is 1.65. The molecule has 0 spiro atoms. The van der Waals surface area contributed by atoms with Crippen LogP contribution < -0.4 is 4.74 Å². The second-order valence-electron chi connectivity index (χ2n) is 4.13. The van der Waals surface area contributed by atoms with Crippen LogP contribution in [0.2, 0.25) is 5.02 Å². The van der Waals surface area contributed by atoms with Crippen molar-refractivity contribution in [3.8, 4) is 11.8 Å². The number of hydrogen-bond acceptors (Lipinski definition) is 4. The Hall–Kier alpha value is -2.51. The molecule has 0 aromatic heterocycles. The average molecular weight is 302 g/mol. The molecule has 106 valence electrons. The van der Waals surface area contributed by atoms with E-state index in [2.05, 4.69) is 0 Å². The topological polar surface area (TPSA) is 59.3 Å². The molecule has 0 saturated carbocycles. The number of carbonyl (C=O) groups is 1. The summed E-state index contributed by atoms with van der Waals surface area (Å²) < 4.78 is 10.5. The molecule has 0 heterocycles. The van der Waals surface area contributed by atoms with Crippen LogP contribution in [0.25, 0.3) is 0 Å². The molecule has 2 rings (SSSR count). The predicted molar refractivity (Wildman–Crippen MR) is 78.4 cm³/mol. The summed E-state index contributed by atoms with van der Waals surface area (Å²) in [6, 6.07) is 15.3. The first-order valence-corrected chi connectivity index (χ1v) is 6.62. The molecule has 0 bridgehead atoms. The lowest BCUT2D eigenvalue weighted by Gasteiger charge is -2.07. The van der Waals surface area contributed by atoms with Crippen LogP contribution in [0.4, 0.5) is 0 Å². The number of benzene rings is 2. The lowest BCUT2D eigenvalue weighted by Crippen LogP contribution is -2.12. The van der Waals surface area contributed by atoms with E-state index < -0.39 is 5.97 Å². The van der Waals surface area contributed by atoms with E-state index >= 15 is 0 Å². The summed E-state index contributed by atoms with van der Waals surface area (Å²) in [7, 11) is 0. The monoisotopic (exact) mass is 301 g/mol. The number of nitriles is 1. The van der Waals surface area contributed by atoms with Gasteiger partial charge >= 0.3 is 5.97 Å². The number of ether oxygens (including phenoxy) is 2. The SMILES string of the molecule is N#Cc1cccc(C(=O)OCCOc2cccc(Cl)c2)c1. The number of rotatable bonds is 5. The first-order valence-electron chi connectivity index (χ1n) is 6.25. The predicted octanol–water partition coefficient (Wildman–Crippen LogP) is 3.45. The Bertz CT molecular complexity index is 679. The molecule has 0 amide bonds. The molecule has 4 nitrogen and oxygen atoms in total. The zero-order valence-electron chi connectivity index (χ0n) is 11.1. The first kappa shape index (κ1) is 14.9. The Balaban J connectivity index is 1.80. The summed E-state index contributed by atoms with van der Waals surface area (Å²) in [5, 5.41) is 9.35. The zero-order chi connectivity index (χ0) is 15.1. The van der Waals surface area contributed by atoms with Crippen molar-refractivity contribution in [2.75, 3.05) is 13.2 Å². The molecule has 0 fully saturated rings. The Kier molecular flexibility index (Phi) is 5.19. The van der Waals surface area contributed by atoms with Crippen LogP contribution in [-0.2, 0) is 4.74 Å².